The van der Waals surface area contributed by atoms with Gasteiger partial charge in [-0.1, -0.05) is 0 Å². The number of hydrogen-bond donors (Lipinski definition) is 1. The molecule has 2 aromatic carbocycles. The number of rotatable bonds is 2. The second-order valence-corrected chi connectivity index (χ2v) is 8.25. The number of alkyl halides is 3. The lowest BCUT2D eigenvalue weighted by molar-refractivity contribution is -0.132. The zero-order valence-corrected chi connectivity index (χ0v) is 14.0. The van der Waals surface area contributed by atoms with Crippen molar-refractivity contribution in [2.75, 3.05) is 0 Å². The predicted octanol–water partition coefficient (Wildman–Crippen LogP) is 3.47. The van der Waals surface area contributed by atoms with E-state index in [1.54, 1.807) is 6.07 Å². The lowest BCUT2D eigenvalue weighted by atomic mass is 9.96. The van der Waals surface area contributed by atoms with Gasteiger partial charge in [-0.05, 0) is 24.3 Å². The monoisotopic (exact) mass is 399 g/mol. The number of hydrogen-bond acceptors (Lipinski definition) is 5. The maximum atomic E-state index is 14.5. The molecule has 0 amide bonds. The highest BCUT2D eigenvalue weighted by Crippen LogP contribution is 2.64. The summed E-state index contributed by atoms with van der Waals surface area (Å²) in [5.41, 5.74) is -4.58. The molecule has 140 valence electrons. The molecule has 0 fully saturated rings. The number of nitrogens with zero attached hydrogens (tertiary/aromatic N) is 1. The third-order valence-electron chi connectivity index (χ3n) is 4.71. The smallest absolute Gasteiger partial charge is 0.382 e. The van der Waals surface area contributed by atoms with Crippen molar-refractivity contribution in [1.29, 1.82) is 5.26 Å². The Hall–Kier alpha value is -2.64. The van der Waals surface area contributed by atoms with Crippen molar-refractivity contribution in [2.45, 2.75) is 28.3 Å². The fourth-order valence-corrected chi connectivity index (χ4v) is 5.23. The first kappa shape index (κ1) is 17.8. The first-order chi connectivity index (χ1) is 12.5. The Morgan fingerprint density at radius 1 is 1.26 bits per heavy atom. The quantitative estimate of drug-likeness (QED) is 0.782. The van der Waals surface area contributed by atoms with E-state index in [4.69, 9.17) is 10.00 Å². The molecule has 0 radical (unpaired) electrons. The zero-order valence-electron chi connectivity index (χ0n) is 13.2. The van der Waals surface area contributed by atoms with E-state index in [0.29, 0.717) is 0 Å². The van der Waals surface area contributed by atoms with Gasteiger partial charge in [0.1, 0.15) is 23.5 Å². The average molecular weight is 399 g/mol. The Balaban J connectivity index is 1.91. The molecule has 1 N–H and O–H groups in total. The van der Waals surface area contributed by atoms with Gasteiger partial charge in [-0.25, -0.2) is 17.2 Å². The van der Waals surface area contributed by atoms with Gasteiger partial charge >= 0.3 is 5.25 Å². The van der Waals surface area contributed by atoms with Crippen molar-refractivity contribution in [3.05, 3.63) is 52.8 Å². The molecule has 0 spiro atoms. The van der Waals surface area contributed by atoms with Gasteiger partial charge in [0.2, 0.25) is 9.84 Å². The van der Waals surface area contributed by atoms with Crippen LogP contribution in [-0.4, -0.2) is 18.8 Å². The molecule has 27 heavy (non-hydrogen) atoms. The molecule has 2 atom stereocenters. The summed E-state index contributed by atoms with van der Waals surface area (Å²) in [6, 6.07) is 6.41. The lowest BCUT2D eigenvalue weighted by Gasteiger charge is -2.25. The summed E-state index contributed by atoms with van der Waals surface area (Å²) in [6.45, 7) is 0. The van der Waals surface area contributed by atoms with Crippen LogP contribution in [0.25, 0.3) is 0 Å². The molecule has 0 saturated carbocycles. The van der Waals surface area contributed by atoms with E-state index in [9.17, 15) is 31.1 Å². The van der Waals surface area contributed by atoms with Crippen molar-refractivity contribution in [3.8, 4) is 17.6 Å². The fourth-order valence-electron chi connectivity index (χ4n) is 3.53. The highest BCUT2D eigenvalue weighted by atomic mass is 32.2. The zero-order chi connectivity index (χ0) is 19.8. The van der Waals surface area contributed by atoms with Crippen molar-refractivity contribution in [3.63, 3.8) is 0 Å². The van der Waals surface area contributed by atoms with Gasteiger partial charge in [0.25, 0.3) is 0 Å². The molecule has 4 rings (SSSR count). The normalized spacial score (nSPS) is 26.4. The summed E-state index contributed by atoms with van der Waals surface area (Å²) in [5.74, 6) is -1.37. The number of nitriles is 1. The highest BCUT2D eigenvalue weighted by molar-refractivity contribution is 7.93. The second kappa shape index (κ2) is 5.21. The highest BCUT2D eigenvalue weighted by Gasteiger charge is 2.74. The van der Waals surface area contributed by atoms with Gasteiger partial charge in [-0.3, -0.25) is 0 Å². The molecule has 1 heterocycles. The summed E-state index contributed by atoms with van der Waals surface area (Å²) in [6.07, 6.45) is -3.28. The van der Waals surface area contributed by atoms with E-state index in [-0.39, 0.29) is 17.1 Å². The summed E-state index contributed by atoms with van der Waals surface area (Å²) < 4.78 is 86.2. The van der Waals surface area contributed by atoms with Gasteiger partial charge < -0.3 is 9.84 Å². The fraction of sp³-hybridized carbons (Fsp3) is 0.235. The third kappa shape index (κ3) is 2.09. The predicted molar refractivity (Wildman–Crippen MR) is 82.1 cm³/mol. The van der Waals surface area contributed by atoms with Crippen LogP contribution >= 0.6 is 0 Å². The number of benzene rings is 2. The maximum absolute atomic E-state index is 14.5. The number of aliphatic hydroxyl groups is 1. The Morgan fingerprint density at radius 3 is 2.63 bits per heavy atom. The molecule has 1 aliphatic carbocycles. The molecule has 10 heteroatoms. The van der Waals surface area contributed by atoms with Gasteiger partial charge in [0, 0.05) is 23.6 Å². The van der Waals surface area contributed by atoms with E-state index >= 15 is 0 Å². The van der Waals surface area contributed by atoms with E-state index < -0.39 is 55.1 Å². The van der Waals surface area contributed by atoms with Crippen molar-refractivity contribution < 1.29 is 35.8 Å². The van der Waals surface area contributed by atoms with Crippen molar-refractivity contribution in [1.82, 2.24) is 0 Å². The van der Waals surface area contributed by atoms with Gasteiger partial charge in [0.05, 0.1) is 16.5 Å². The van der Waals surface area contributed by atoms with E-state index in [2.05, 4.69) is 0 Å². The minimum Gasteiger partial charge on any atom is -0.457 e. The van der Waals surface area contributed by atoms with E-state index in [1.165, 1.54) is 0 Å². The minimum atomic E-state index is -5.20. The Bertz CT molecular complexity index is 1140. The number of halogens is 4. The largest absolute Gasteiger partial charge is 0.457 e. The molecule has 2 unspecified atom stereocenters. The van der Waals surface area contributed by atoms with Crippen LogP contribution in [0.2, 0.25) is 0 Å². The second-order valence-electron chi connectivity index (χ2n) is 6.29. The molecule has 0 saturated heterocycles. The van der Waals surface area contributed by atoms with Crippen LogP contribution in [0.5, 0.6) is 11.5 Å². The van der Waals surface area contributed by atoms with Gasteiger partial charge in [-0.15, -0.1) is 0 Å². The minimum absolute atomic E-state index is 0.0926. The average Bonchev–Trinajstić information content (AvgIpc) is 2.92. The standard InChI is InChI=1S/C17H9F4NO4S/c18-9-3-8(7-22)4-10(5-9)26-12-1-2-13-15-14(12)11(19)6-16(15,23)17(20,21)27(13,24)25/h1-5,11,23H,6H2. The van der Waals surface area contributed by atoms with Crippen LogP contribution in [0, 0.1) is 17.1 Å². The maximum Gasteiger partial charge on any atom is 0.382 e. The summed E-state index contributed by atoms with van der Waals surface area (Å²) in [4.78, 5) is -0.866. The first-order valence-corrected chi connectivity index (χ1v) is 9.06. The lowest BCUT2D eigenvalue weighted by Crippen LogP contribution is -2.43. The van der Waals surface area contributed by atoms with Crippen LogP contribution in [0.15, 0.2) is 35.2 Å². The van der Waals surface area contributed by atoms with Crippen LogP contribution in [0.4, 0.5) is 17.6 Å². The topological polar surface area (TPSA) is 87.4 Å². The molecule has 0 aromatic heterocycles. The molecule has 5 nitrogen and oxygen atoms in total. The third-order valence-corrected chi connectivity index (χ3v) is 6.64. The molecule has 0 bridgehead atoms. The summed E-state index contributed by atoms with van der Waals surface area (Å²) >= 11 is 0. The molecule has 1 aliphatic heterocycles. The van der Waals surface area contributed by atoms with Gasteiger partial charge in [-0.2, -0.15) is 14.0 Å². The van der Waals surface area contributed by atoms with Crippen molar-refractivity contribution >= 4 is 9.84 Å². The Morgan fingerprint density at radius 2 is 1.96 bits per heavy atom. The molecule has 2 aliphatic rings. The van der Waals surface area contributed by atoms with Crippen LogP contribution in [-0.2, 0) is 15.4 Å². The SMILES string of the molecule is N#Cc1cc(F)cc(Oc2ccc3c4c2C(F)CC4(O)C(F)(F)S3(=O)=O)c1. The Kier molecular flexibility index (Phi) is 3.42. The van der Waals surface area contributed by atoms with Crippen molar-refractivity contribution in [2.24, 2.45) is 0 Å². The van der Waals surface area contributed by atoms with Gasteiger partial charge in [0.15, 0.2) is 5.60 Å². The van der Waals surface area contributed by atoms with Crippen LogP contribution in [0.3, 0.4) is 0 Å². The van der Waals surface area contributed by atoms with Crippen LogP contribution < -0.4 is 4.74 Å². The molecule has 2 aromatic rings. The summed E-state index contributed by atoms with van der Waals surface area (Å²) in [7, 11) is -5.20. The van der Waals surface area contributed by atoms with E-state index in [0.717, 1.165) is 30.3 Å². The van der Waals surface area contributed by atoms with E-state index in [1.807, 2.05) is 0 Å². The molecular weight excluding hydrogens is 390 g/mol. The Labute approximate surface area is 150 Å². The number of sulfone groups is 1. The molecular formula is C17H9F4NO4S. The first-order valence-electron chi connectivity index (χ1n) is 7.58. The van der Waals surface area contributed by atoms with Crippen LogP contribution in [0.1, 0.15) is 29.3 Å². The summed E-state index contributed by atoms with van der Waals surface area (Å²) in [5, 5.41) is 14.6. The number of ether oxygens (including phenoxy) is 1.